The van der Waals surface area contributed by atoms with E-state index in [0.29, 0.717) is 5.75 Å². The molecule has 0 aliphatic rings. The van der Waals surface area contributed by atoms with E-state index in [-0.39, 0.29) is 29.1 Å². The summed E-state index contributed by atoms with van der Waals surface area (Å²) in [5.41, 5.74) is -1.40. The number of benzene rings is 2. The number of hydrogen-bond donors (Lipinski definition) is 0. The van der Waals surface area contributed by atoms with Gasteiger partial charge in [0.2, 0.25) is 11.2 Å². The van der Waals surface area contributed by atoms with Crippen LogP contribution in [-0.4, -0.2) is 26.3 Å². The molecule has 0 N–H and O–H groups in total. The normalized spacial score (nSPS) is 11.3. The second-order valence-corrected chi connectivity index (χ2v) is 6.12. The van der Waals surface area contributed by atoms with E-state index in [1.165, 1.54) is 37.4 Å². The molecule has 31 heavy (non-hydrogen) atoms. The van der Waals surface area contributed by atoms with Crippen molar-refractivity contribution in [2.75, 3.05) is 20.3 Å². The van der Waals surface area contributed by atoms with Crippen molar-refractivity contribution < 1.29 is 41.3 Å². The quantitative estimate of drug-likeness (QED) is 0.500. The summed E-state index contributed by atoms with van der Waals surface area (Å²) in [6, 6.07) is 9.39. The van der Waals surface area contributed by atoms with E-state index in [9.17, 15) is 22.8 Å². The lowest BCUT2D eigenvalue weighted by molar-refractivity contribution is -0.154. The molecule has 10 heteroatoms. The molecule has 2 aromatic carbocycles. The van der Waals surface area contributed by atoms with Gasteiger partial charge in [0.05, 0.1) is 19.1 Å². The fraction of sp³-hybridized carbons (Fsp3) is 0.238. The van der Waals surface area contributed by atoms with Crippen molar-refractivity contribution in [1.82, 2.24) is 0 Å². The Balaban J connectivity index is 2.04. The molecule has 0 aliphatic heterocycles. The Morgan fingerprint density at radius 2 is 1.81 bits per heavy atom. The van der Waals surface area contributed by atoms with Gasteiger partial charge in [-0.3, -0.25) is 4.79 Å². The molecule has 3 rings (SSSR count). The van der Waals surface area contributed by atoms with Crippen LogP contribution in [0.3, 0.4) is 0 Å². The summed E-state index contributed by atoms with van der Waals surface area (Å²) < 4.78 is 66.0. The average molecular weight is 438 g/mol. The Labute approximate surface area is 173 Å². The van der Waals surface area contributed by atoms with E-state index in [1.807, 2.05) is 0 Å². The van der Waals surface area contributed by atoms with Crippen LogP contribution < -0.4 is 19.6 Å². The zero-order chi connectivity index (χ0) is 22.6. The van der Waals surface area contributed by atoms with Crippen LogP contribution in [0.2, 0.25) is 0 Å². The van der Waals surface area contributed by atoms with Crippen LogP contribution >= 0.6 is 0 Å². The van der Waals surface area contributed by atoms with E-state index in [2.05, 4.69) is 0 Å². The number of fused-ring (bicyclic) bond motifs is 1. The van der Waals surface area contributed by atoms with E-state index in [1.54, 1.807) is 13.0 Å². The number of rotatable bonds is 7. The molecule has 0 atom stereocenters. The minimum Gasteiger partial charge on any atom is -0.497 e. The van der Waals surface area contributed by atoms with Crippen molar-refractivity contribution in [2.24, 2.45) is 0 Å². The standard InChI is InChI=1S/C21H17F3O7/c1-3-28-17(25)11-29-13-7-8-15-16(10-13)31-20(21(22,23)24)19(18(15)26)30-14-6-4-5-12(9-14)27-2/h4-10H,3,11H2,1-2H3. The van der Waals surface area contributed by atoms with Gasteiger partial charge in [-0.25, -0.2) is 4.79 Å². The third kappa shape index (κ3) is 5.08. The van der Waals surface area contributed by atoms with Crippen molar-refractivity contribution >= 4 is 16.9 Å². The maximum absolute atomic E-state index is 13.6. The molecule has 0 aliphatic carbocycles. The third-order valence-corrected chi connectivity index (χ3v) is 4.00. The molecule has 0 amide bonds. The van der Waals surface area contributed by atoms with Crippen molar-refractivity contribution in [1.29, 1.82) is 0 Å². The second-order valence-electron chi connectivity index (χ2n) is 6.12. The second kappa shape index (κ2) is 8.99. The molecule has 0 fully saturated rings. The molecule has 1 aromatic heterocycles. The van der Waals surface area contributed by atoms with Crippen LogP contribution in [0, 0.1) is 0 Å². The van der Waals surface area contributed by atoms with Gasteiger partial charge in [-0.15, -0.1) is 0 Å². The summed E-state index contributed by atoms with van der Waals surface area (Å²) in [7, 11) is 1.38. The lowest BCUT2D eigenvalue weighted by atomic mass is 10.2. The first-order valence-electron chi connectivity index (χ1n) is 9.01. The molecule has 1 heterocycles. The summed E-state index contributed by atoms with van der Waals surface area (Å²) in [5.74, 6) is -2.94. The highest BCUT2D eigenvalue weighted by molar-refractivity contribution is 5.80. The van der Waals surface area contributed by atoms with Gasteiger partial charge in [0.25, 0.3) is 5.76 Å². The van der Waals surface area contributed by atoms with E-state index < -0.39 is 35.7 Å². The van der Waals surface area contributed by atoms with Crippen LogP contribution in [-0.2, 0) is 15.7 Å². The first-order valence-corrected chi connectivity index (χ1v) is 9.01. The number of halogens is 3. The third-order valence-electron chi connectivity index (χ3n) is 4.00. The predicted octanol–water partition coefficient (Wildman–Crippen LogP) is 4.55. The van der Waals surface area contributed by atoms with Crippen LogP contribution in [0.5, 0.6) is 23.0 Å². The van der Waals surface area contributed by atoms with Gasteiger partial charge in [0, 0.05) is 12.1 Å². The number of alkyl halides is 3. The summed E-state index contributed by atoms with van der Waals surface area (Å²) >= 11 is 0. The molecular weight excluding hydrogens is 421 g/mol. The lowest BCUT2D eigenvalue weighted by Gasteiger charge is -2.14. The monoisotopic (exact) mass is 438 g/mol. The number of methoxy groups -OCH3 is 1. The first kappa shape index (κ1) is 22.0. The van der Waals surface area contributed by atoms with E-state index in [4.69, 9.17) is 23.4 Å². The highest BCUT2D eigenvalue weighted by Gasteiger charge is 2.40. The fourth-order valence-electron chi connectivity index (χ4n) is 2.65. The van der Waals surface area contributed by atoms with Gasteiger partial charge in [0.15, 0.2) is 6.61 Å². The van der Waals surface area contributed by atoms with Crippen molar-refractivity contribution in [3.63, 3.8) is 0 Å². The lowest BCUT2D eigenvalue weighted by Crippen LogP contribution is -2.16. The van der Waals surface area contributed by atoms with Crippen LogP contribution in [0.25, 0.3) is 11.0 Å². The van der Waals surface area contributed by atoms with Crippen molar-refractivity contribution in [3.05, 3.63) is 58.4 Å². The fourth-order valence-corrected chi connectivity index (χ4v) is 2.65. The number of esters is 1. The van der Waals surface area contributed by atoms with Gasteiger partial charge in [-0.1, -0.05) is 6.07 Å². The van der Waals surface area contributed by atoms with Gasteiger partial charge in [0.1, 0.15) is 22.8 Å². The summed E-state index contributed by atoms with van der Waals surface area (Å²) in [4.78, 5) is 24.2. The number of carbonyl (C=O) groups is 1. The zero-order valence-corrected chi connectivity index (χ0v) is 16.4. The molecule has 0 unspecified atom stereocenters. The Morgan fingerprint density at radius 1 is 1.06 bits per heavy atom. The van der Waals surface area contributed by atoms with Crippen LogP contribution in [0.4, 0.5) is 13.2 Å². The Hall–Kier alpha value is -3.69. The molecule has 164 valence electrons. The topological polar surface area (TPSA) is 84.2 Å². The van der Waals surface area contributed by atoms with Crippen LogP contribution in [0.15, 0.2) is 51.7 Å². The summed E-state index contributed by atoms with van der Waals surface area (Å²) in [6.45, 7) is 1.32. The Morgan fingerprint density at radius 3 is 2.48 bits per heavy atom. The van der Waals surface area contributed by atoms with E-state index in [0.717, 1.165) is 6.07 Å². The smallest absolute Gasteiger partial charge is 0.453 e. The molecule has 0 saturated carbocycles. The molecule has 7 nitrogen and oxygen atoms in total. The molecule has 0 bridgehead atoms. The van der Waals surface area contributed by atoms with Gasteiger partial charge >= 0.3 is 12.1 Å². The molecule has 0 spiro atoms. The zero-order valence-electron chi connectivity index (χ0n) is 16.4. The van der Waals surface area contributed by atoms with Gasteiger partial charge < -0.3 is 23.4 Å². The summed E-state index contributed by atoms with van der Waals surface area (Å²) in [6.07, 6.45) is -5.01. The predicted molar refractivity (Wildman–Crippen MR) is 103 cm³/mol. The number of ether oxygens (including phenoxy) is 4. The Kier molecular flexibility index (Phi) is 6.38. The average Bonchev–Trinajstić information content (AvgIpc) is 2.73. The van der Waals surface area contributed by atoms with Crippen molar-refractivity contribution in [2.45, 2.75) is 13.1 Å². The maximum Gasteiger partial charge on any atom is 0.453 e. The molecule has 0 saturated heterocycles. The minimum absolute atomic E-state index is 0.0262. The van der Waals surface area contributed by atoms with E-state index >= 15 is 0 Å². The summed E-state index contributed by atoms with van der Waals surface area (Å²) in [5, 5.41) is -0.158. The largest absolute Gasteiger partial charge is 0.497 e. The minimum atomic E-state index is -5.01. The number of carbonyl (C=O) groups excluding carboxylic acids is 1. The SMILES string of the molecule is CCOC(=O)COc1ccc2c(=O)c(Oc3cccc(OC)c3)c(C(F)(F)F)oc2c1. The van der Waals surface area contributed by atoms with Gasteiger partial charge in [-0.05, 0) is 31.2 Å². The van der Waals surface area contributed by atoms with Crippen LogP contribution in [0.1, 0.15) is 12.7 Å². The highest BCUT2D eigenvalue weighted by Crippen LogP contribution is 2.39. The highest BCUT2D eigenvalue weighted by atomic mass is 19.4. The first-order chi connectivity index (χ1) is 14.7. The van der Waals surface area contributed by atoms with Gasteiger partial charge in [-0.2, -0.15) is 13.2 Å². The Bertz CT molecular complexity index is 1150. The number of hydrogen-bond acceptors (Lipinski definition) is 7. The maximum atomic E-state index is 13.6. The van der Waals surface area contributed by atoms with Crippen molar-refractivity contribution in [3.8, 4) is 23.0 Å². The molecular formula is C21H17F3O7. The molecule has 0 radical (unpaired) electrons. The molecule has 3 aromatic rings.